The van der Waals surface area contributed by atoms with Gasteiger partial charge in [-0.1, -0.05) is 6.58 Å². The molecule has 0 radical (unpaired) electrons. The molecule has 92 valence electrons. The largest absolute Gasteiger partial charge is 0.500 e. The summed E-state index contributed by atoms with van der Waals surface area (Å²) in [6, 6.07) is 6.80. The minimum atomic E-state index is -0.275. The summed E-state index contributed by atoms with van der Waals surface area (Å²) >= 11 is 0. The van der Waals surface area contributed by atoms with E-state index in [0.717, 1.165) is 5.75 Å². The maximum absolute atomic E-state index is 11.4. The molecule has 17 heavy (non-hydrogen) atoms. The lowest BCUT2D eigenvalue weighted by atomic mass is 10.3. The number of nitrogens with one attached hydrogen (secondary N) is 2. The first kappa shape index (κ1) is 12.9. The molecule has 0 aromatic heterocycles. The highest BCUT2D eigenvalue weighted by molar-refractivity contribution is 5.89. The van der Waals surface area contributed by atoms with Gasteiger partial charge in [-0.05, 0) is 24.3 Å². The summed E-state index contributed by atoms with van der Waals surface area (Å²) < 4.78 is 9.88. The van der Waals surface area contributed by atoms with Crippen LogP contribution in [0.25, 0.3) is 0 Å². The normalized spacial score (nSPS) is 9.24. The number of benzene rings is 1. The number of carbonyl (C=O) groups is 1. The molecule has 5 heteroatoms. The van der Waals surface area contributed by atoms with Crippen LogP contribution in [0.1, 0.15) is 0 Å². The molecule has 0 bridgehead atoms. The van der Waals surface area contributed by atoms with Crippen LogP contribution in [0.2, 0.25) is 0 Å². The Bertz CT molecular complexity index is 363. The fourth-order valence-electron chi connectivity index (χ4n) is 1.16. The van der Waals surface area contributed by atoms with Crippen molar-refractivity contribution in [3.05, 3.63) is 37.1 Å². The van der Waals surface area contributed by atoms with Gasteiger partial charge in [0.25, 0.3) is 0 Å². The van der Waals surface area contributed by atoms with E-state index in [1.165, 1.54) is 6.26 Å². The Morgan fingerprint density at radius 1 is 1.41 bits per heavy atom. The van der Waals surface area contributed by atoms with Crippen LogP contribution >= 0.6 is 0 Å². The van der Waals surface area contributed by atoms with Crippen molar-refractivity contribution in [1.29, 1.82) is 0 Å². The third-order valence-corrected chi connectivity index (χ3v) is 1.97. The lowest BCUT2D eigenvalue weighted by molar-refractivity contribution is 0.234. The summed E-state index contributed by atoms with van der Waals surface area (Å²) in [6.07, 6.45) is 1.34. The van der Waals surface area contributed by atoms with Crippen molar-refractivity contribution in [2.45, 2.75) is 0 Å². The monoisotopic (exact) mass is 236 g/mol. The minimum absolute atomic E-state index is 0.275. The van der Waals surface area contributed by atoms with E-state index in [1.807, 2.05) is 0 Å². The zero-order chi connectivity index (χ0) is 12.5. The van der Waals surface area contributed by atoms with E-state index >= 15 is 0 Å². The highest BCUT2D eigenvalue weighted by atomic mass is 16.5. The second kappa shape index (κ2) is 7.16. The Morgan fingerprint density at radius 2 is 2.12 bits per heavy atom. The molecule has 0 aliphatic rings. The molecule has 5 nitrogen and oxygen atoms in total. The van der Waals surface area contributed by atoms with E-state index in [0.29, 0.717) is 18.8 Å². The first-order valence-corrected chi connectivity index (χ1v) is 5.17. The first-order valence-electron chi connectivity index (χ1n) is 5.17. The molecule has 1 rings (SSSR count). The molecule has 0 unspecified atom stereocenters. The summed E-state index contributed by atoms with van der Waals surface area (Å²) in [6.45, 7) is 4.23. The van der Waals surface area contributed by atoms with Crippen molar-refractivity contribution in [3.8, 4) is 5.75 Å². The van der Waals surface area contributed by atoms with Gasteiger partial charge in [0.05, 0.1) is 19.9 Å². The molecular formula is C12H16N2O3. The van der Waals surface area contributed by atoms with Gasteiger partial charge in [-0.25, -0.2) is 4.79 Å². The van der Waals surface area contributed by atoms with Crippen molar-refractivity contribution in [2.75, 3.05) is 25.6 Å². The summed E-state index contributed by atoms with van der Waals surface area (Å²) in [5, 5.41) is 5.32. The number of hydrogen-bond acceptors (Lipinski definition) is 3. The first-order chi connectivity index (χ1) is 8.26. The Morgan fingerprint density at radius 3 is 2.71 bits per heavy atom. The van der Waals surface area contributed by atoms with Gasteiger partial charge < -0.3 is 20.1 Å². The molecule has 0 saturated heterocycles. The maximum Gasteiger partial charge on any atom is 0.319 e. The molecule has 1 aromatic rings. The van der Waals surface area contributed by atoms with Crippen LogP contribution in [-0.4, -0.2) is 26.3 Å². The quantitative estimate of drug-likeness (QED) is 0.586. The molecule has 0 heterocycles. The van der Waals surface area contributed by atoms with E-state index in [-0.39, 0.29) is 6.03 Å². The standard InChI is InChI=1S/C12H16N2O3/c1-3-17-9-8-13-12(15)14-10-4-6-11(16-2)7-5-10/h3-7H,1,8-9H2,2H3,(H2,13,14,15). The van der Waals surface area contributed by atoms with Crippen LogP contribution in [0.4, 0.5) is 10.5 Å². The Balaban J connectivity index is 2.31. The highest BCUT2D eigenvalue weighted by Crippen LogP contribution is 2.14. The molecule has 0 aliphatic heterocycles. The van der Waals surface area contributed by atoms with E-state index in [1.54, 1.807) is 31.4 Å². The summed E-state index contributed by atoms with van der Waals surface area (Å²) in [7, 11) is 1.59. The van der Waals surface area contributed by atoms with Crippen molar-refractivity contribution in [2.24, 2.45) is 0 Å². The minimum Gasteiger partial charge on any atom is -0.500 e. The Labute approximate surface area is 100 Å². The maximum atomic E-state index is 11.4. The van der Waals surface area contributed by atoms with Gasteiger partial charge in [0, 0.05) is 5.69 Å². The van der Waals surface area contributed by atoms with E-state index in [9.17, 15) is 4.79 Å². The molecular weight excluding hydrogens is 220 g/mol. The summed E-state index contributed by atoms with van der Waals surface area (Å²) in [4.78, 5) is 11.4. The van der Waals surface area contributed by atoms with Crippen molar-refractivity contribution in [1.82, 2.24) is 5.32 Å². The summed E-state index contributed by atoms with van der Waals surface area (Å²) in [5.41, 5.74) is 0.702. The molecule has 2 N–H and O–H groups in total. The van der Waals surface area contributed by atoms with Crippen molar-refractivity contribution >= 4 is 11.7 Å². The van der Waals surface area contributed by atoms with Gasteiger partial charge in [0.2, 0.25) is 0 Å². The summed E-state index contributed by atoms with van der Waals surface area (Å²) in [5.74, 6) is 0.746. The van der Waals surface area contributed by atoms with E-state index in [2.05, 4.69) is 17.2 Å². The van der Waals surface area contributed by atoms with Crippen LogP contribution in [-0.2, 0) is 4.74 Å². The fraction of sp³-hybridized carbons (Fsp3) is 0.250. The van der Waals surface area contributed by atoms with E-state index < -0.39 is 0 Å². The predicted octanol–water partition coefficient (Wildman–Crippen LogP) is 1.98. The number of ether oxygens (including phenoxy) is 2. The fourth-order valence-corrected chi connectivity index (χ4v) is 1.16. The van der Waals surface area contributed by atoms with Gasteiger partial charge in [0.15, 0.2) is 0 Å². The van der Waals surface area contributed by atoms with Crippen molar-refractivity contribution < 1.29 is 14.3 Å². The van der Waals surface area contributed by atoms with Gasteiger partial charge in [0.1, 0.15) is 12.4 Å². The number of carbonyl (C=O) groups excluding carboxylic acids is 1. The van der Waals surface area contributed by atoms with Crippen molar-refractivity contribution in [3.63, 3.8) is 0 Å². The second-order valence-corrected chi connectivity index (χ2v) is 3.15. The lowest BCUT2D eigenvalue weighted by Gasteiger charge is -2.07. The number of amides is 2. The zero-order valence-electron chi connectivity index (χ0n) is 9.73. The van der Waals surface area contributed by atoms with Crippen LogP contribution < -0.4 is 15.4 Å². The number of urea groups is 1. The average Bonchev–Trinajstić information content (AvgIpc) is 2.36. The lowest BCUT2D eigenvalue weighted by Crippen LogP contribution is -2.31. The number of methoxy groups -OCH3 is 1. The Kier molecular flexibility index (Phi) is 5.43. The van der Waals surface area contributed by atoms with Gasteiger partial charge in [-0.3, -0.25) is 0 Å². The molecule has 0 saturated carbocycles. The molecule has 1 aromatic carbocycles. The van der Waals surface area contributed by atoms with Crippen LogP contribution in [0.15, 0.2) is 37.1 Å². The zero-order valence-corrected chi connectivity index (χ0v) is 9.73. The Hall–Kier alpha value is -2.17. The highest BCUT2D eigenvalue weighted by Gasteiger charge is 2.00. The van der Waals surface area contributed by atoms with Gasteiger partial charge in [-0.15, -0.1) is 0 Å². The second-order valence-electron chi connectivity index (χ2n) is 3.15. The van der Waals surface area contributed by atoms with Gasteiger partial charge >= 0.3 is 6.03 Å². The SMILES string of the molecule is C=COCCNC(=O)Nc1ccc(OC)cc1. The van der Waals surface area contributed by atoms with E-state index in [4.69, 9.17) is 9.47 Å². The molecule has 0 atom stereocenters. The molecule has 2 amide bonds. The topological polar surface area (TPSA) is 59.6 Å². The molecule has 0 fully saturated rings. The van der Waals surface area contributed by atoms with Crippen LogP contribution in [0, 0.1) is 0 Å². The van der Waals surface area contributed by atoms with Crippen LogP contribution in [0.5, 0.6) is 5.75 Å². The number of anilines is 1. The third-order valence-electron chi connectivity index (χ3n) is 1.97. The predicted molar refractivity (Wildman–Crippen MR) is 66.2 cm³/mol. The molecule has 0 aliphatic carbocycles. The smallest absolute Gasteiger partial charge is 0.319 e. The number of hydrogen-bond donors (Lipinski definition) is 2. The van der Waals surface area contributed by atoms with Crippen LogP contribution in [0.3, 0.4) is 0 Å². The number of rotatable bonds is 6. The van der Waals surface area contributed by atoms with Gasteiger partial charge in [-0.2, -0.15) is 0 Å². The average molecular weight is 236 g/mol. The molecule has 0 spiro atoms. The third kappa shape index (κ3) is 4.92.